The predicted octanol–water partition coefficient (Wildman–Crippen LogP) is 17.2. The van der Waals surface area contributed by atoms with E-state index in [0.29, 0.717) is 0 Å². The molecule has 11 aromatic carbocycles. The van der Waals surface area contributed by atoms with E-state index in [-0.39, 0.29) is 0 Å². The lowest BCUT2D eigenvalue weighted by Crippen LogP contribution is -2.09. The number of nitrogens with zero attached hydrogens (tertiary/aromatic N) is 2. The molecule has 64 heavy (non-hydrogen) atoms. The zero-order valence-electron chi connectivity index (χ0n) is 35.1. The number of hydrogen-bond donors (Lipinski definition) is 0. The lowest BCUT2D eigenvalue weighted by molar-refractivity contribution is 1.18. The summed E-state index contributed by atoms with van der Waals surface area (Å²) in [5.74, 6) is 0. The Morgan fingerprint density at radius 1 is 0.234 bits per heavy atom. The molecule has 0 saturated heterocycles. The van der Waals surface area contributed by atoms with E-state index in [9.17, 15) is 0 Å². The summed E-state index contributed by atoms with van der Waals surface area (Å²) in [6.07, 6.45) is 0. The third-order valence-electron chi connectivity index (χ3n) is 12.8. The van der Waals surface area contributed by atoms with Gasteiger partial charge in [-0.1, -0.05) is 188 Å². The molecule has 2 nitrogen and oxygen atoms in total. The lowest BCUT2D eigenvalue weighted by Gasteiger charge is -2.26. The Hall–Kier alpha value is -8.46. The Morgan fingerprint density at radius 3 is 1.27 bits per heavy atom. The number of anilines is 3. The molecule has 0 saturated carbocycles. The largest absolute Gasteiger partial charge is 0.310 e. The highest BCUT2D eigenvalue weighted by atomic mass is 15.1. The molecule has 0 radical (unpaired) electrons. The number of rotatable bonds is 8. The van der Waals surface area contributed by atoms with Crippen molar-refractivity contribution in [1.29, 1.82) is 0 Å². The lowest BCUT2D eigenvalue weighted by atomic mass is 9.86. The zero-order chi connectivity index (χ0) is 42.4. The van der Waals surface area contributed by atoms with Gasteiger partial charge in [-0.15, -0.1) is 0 Å². The summed E-state index contributed by atoms with van der Waals surface area (Å²) in [5, 5.41) is 7.52. The fourth-order valence-corrected chi connectivity index (χ4v) is 9.85. The maximum atomic E-state index is 2.41. The van der Waals surface area contributed by atoms with Gasteiger partial charge in [0, 0.05) is 33.5 Å². The SMILES string of the molecule is c1ccc(-c2cccc(N(c3ccccc3)c3ccc(-c4ccc5c(c4)c4ccccc4n5-c4ccc(-c5c6ccccc6c(-c6ccccc6)c6ccccc56)cc4)cc3)c2)cc1. The zero-order valence-corrected chi connectivity index (χ0v) is 35.1. The van der Waals surface area contributed by atoms with Crippen LogP contribution in [0, 0.1) is 0 Å². The number of benzene rings is 11. The van der Waals surface area contributed by atoms with E-state index in [0.717, 1.165) is 22.7 Å². The third-order valence-corrected chi connectivity index (χ3v) is 12.8. The first kappa shape index (κ1) is 37.3. The highest BCUT2D eigenvalue weighted by molar-refractivity contribution is 6.21. The van der Waals surface area contributed by atoms with E-state index in [4.69, 9.17) is 0 Å². The maximum Gasteiger partial charge on any atom is 0.0541 e. The van der Waals surface area contributed by atoms with E-state index < -0.39 is 0 Å². The molecule has 2 heteroatoms. The van der Waals surface area contributed by atoms with Crippen LogP contribution in [0.15, 0.2) is 255 Å². The van der Waals surface area contributed by atoms with Gasteiger partial charge in [0.25, 0.3) is 0 Å². The highest BCUT2D eigenvalue weighted by Crippen LogP contribution is 2.44. The van der Waals surface area contributed by atoms with Crippen molar-refractivity contribution < 1.29 is 0 Å². The Balaban J connectivity index is 0.920. The molecular formula is C62H42N2. The number of hydrogen-bond acceptors (Lipinski definition) is 1. The van der Waals surface area contributed by atoms with Gasteiger partial charge in [0.2, 0.25) is 0 Å². The summed E-state index contributed by atoms with van der Waals surface area (Å²) in [5.41, 5.74) is 16.6. The van der Waals surface area contributed by atoms with E-state index in [1.54, 1.807) is 0 Å². The fraction of sp³-hybridized carbons (Fsp3) is 0. The monoisotopic (exact) mass is 814 g/mol. The minimum atomic E-state index is 1.11. The Bertz CT molecular complexity index is 3570. The second-order valence-corrected chi connectivity index (χ2v) is 16.5. The van der Waals surface area contributed by atoms with Crippen molar-refractivity contribution in [2.24, 2.45) is 0 Å². The van der Waals surface area contributed by atoms with Gasteiger partial charge in [0.15, 0.2) is 0 Å². The Morgan fingerprint density at radius 2 is 0.641 bits per heavy atom. The van der Waals surface area contributed by atoms with Crippen LogP contribution in [0.3, 0.4) is 0 Å². The van der Waals surface area contributed by atoms with Gasteiger partial charge in [-0.05, 0) is 133 Å². The predicted molar refractivity (Wildman–Crippen MR) is 272 cm³/mol. The second kappa shape index (κ2) is 15.8. The molecule has 0 amide bonds. The minimum absolute atomic E-state index is 1.11. The number of fused-ring (bicyclic) bond motifs is 5. The fourth-order valence-electron chi connectivity index (χ4n) is 9.85. The molecule has 12 aromatic rings. The van der Waals surface area contributed by atoms with Crippen LogP contribution in [0.5, 0.6) is 0 Å². The smallest absolute Gasteiger partial charge is 0.0541 e. The normalized spacial score (nSPS) is 11.4. The maximum absolute atomic E-state index is 2.41. The minimum Gasteiger partial charge on any atom is -0.310 e. The molecule has 1 aromatic heterocycles. The molecular weight excluding hydrogens is 773 g/mol. The summed E-state index contributed by atoms with van der Waals surface area (Å²) in [7, 11) is 0. The van der Waals surface area contributed by atoms with Gasteiger partial charge in [0.05, 0.1) is 11.0 Å². The van der Waals surface area contributed by atoms with Crippen LogP contribution < -0.4 is 4.90 Å². The Kier molecular flexibility index (Phi) is 9.20. The number of aromatic nitrogens is 1. The van der Waals surface area contributed by atoms with Gasteiger partial charge in [-0.2, -0.15) is 0 Å². The topological polar surface area (TPSA) is 8.17 Å². The van der Waals surface area contributed by atoms with Crippen LogP contribution >= 0.6 is 0 Å². The summed E-state index contributed by atoms with van der Waals surface area (Å²) in [6.45, 7) is 0. The van der Waals surface area contributed by atoms with Gasteiger partial charge in [0.1, 0.15) is 0 Å². The molecule has 0 N–H and O–H groups in total. The first-order chi connectivity index (χ1) is 31.8. The summed E-state index contributed by atoms with van der Waals surface area (Å²) in [4.78, 5) is 2.34. The van der Waals surface area contributed by atoms with Crippen molar-refractivity contribution in [2.75, 3.05) is 4.90 Å². The molecule has 0 aliphatic rings. The van der Waals surface area contributed by atoms with Crippen molar-refractivity contribution in [2.45, 2.75) is 0 Å². The quantitative estimate of drug-likeness (QED) is 0.139. The van der Waals surface area contributed by atoms with E-state index in [1.165, 1.54) is 87.9 Å². The first-order valence-electron chi connectivity index (χ1n) is 22.0. The third kappa shape index (κ3) is 6.44. The second-order valence-electron chi connectivity index (χ2n) is 16.5. The van der Waals surface area contributed by atoms with Crippen LogP contribution in [-0.4, -0.2) is 4.57 Å². The average molecular weight is 815 g/mol. The van der Waals surface area contributed by atoms with E-state index in [1.807, 2.05) is 0 Å². The molecule has 0 aliphatic heterocycles. The molecule has 0 aliphatic carbocycles. The van der Waals surface area contributed by atoms with Crippen molar-refractivity contribution in [3.8, 4) is 50.2 Å². The van der Waals surface area contributed by atoms with Crippen molar-refractivity contribution in [3.05, 3.63) is 255 Å². The van der Waals surface area contributed by atoms with Crippen molar-refractivity contribution >= 4 is 60.4 Å². The summed E-state index contributed by atoms with van der Waals surface area (Å²) < 4.78 is 2.41. The van der Waals surface area contributed by atoms with Crippen LogP contribution in [0.4, 0.5) is 17.1 Å². The molecule has 0 spiro atoms. The molecule has 0 fully saturated rings. The molecule has 0 bridgehead atoms. The molecule has 1 heterocycles. The molecule has 12 rings (SSSR count). The first-order valence-corrected chi connectivity index (χ1v) is 22.0. The van der Waals surface area contributed by atoms with Crippen LogP contribution in [-0.2, 0) is 0 Å². The van der Waals surface area contributed by atoms with Crippen molar-refractivity contribution in [1.82, 2.24) is 4.57 Å². The summed E-state index contributed by atoms with van der Waals surface area (Å²) >= 11 is 0. The highest BCUT2D eigenvalue weighted by Gasteiger charge is 2.19. The molecule has 300 valence electrons. The van der Waals surface area contributed by atoms with Gasteiger partial charge in [-0.25, -0.2) is 0 Å². The average Bonchev–Trinajstić information content (AvgIpc) is 3.70. The van der Waals surface area contributed by atoms with Gasteiger partial charge < -0.3 is 9.47 Å². The van der Waals surface area contributed by atoms with Crippen LogP contribution in [0.1, 0.15) is 0 Å². The molecule has 0 atom stereocenters. The van der Waals surface area contributed by atoms with E-state index >= 15 is 0 Å². The standard InChI is InChI=1S/C62H42N2/c1-4-17-43(18-5-1)47-21-16-24-52(41-47)63(49-22-8-3-9-23-49)50-36-31-44(32-37-50)48-35-40-60-58(42-48)53-25-14-15-30-59(53)64(60)51-38-33-46(34-39-51)62-56-28-12-10-26-54(56)61(45-19-6-2-7-20-45)55-27-11-13-29-57(55)62/h1-42H. The van der Waals surface area contributed by atoms with Crippen LogP contribution in [0.2, 0.25) is 0 Å². The van der Waals surface area contributed by atoms with Gasteiger partial charge in [-0.3, -0.25) is 0 Å². The Labute approximate surface area is 373 Å². The molecule has 0 unspecified atom stereocenters. The summed E-state index contributed by atoms with van der Waals surface area (Å²) in [6, 6.07) is 92.5. The van der Waals surface area contributed by atoms with Crippen molar-refractivity contribution in [3.63, 3.8) is 0 Å². The number of para-hydroxylation sites is 2. The van der Waals surface area contributed by atoms with Crippen LogP contribution in [0.25, 0.3) is 93.5 Å². The van der Waals surface area contributed by atoms with Gasteiger partial charge >= 0.3 is 0 Å². The van der Waals surface area contributed by atoms with E-state index in [2.05, 4.69) is 264 Å².